The zero-order chi connectivity index (χ0) is 12.0. The largest absolute Gasteiger partial charge is 0.461 e. The molecule has 0 aromatic heterocycles. The van der Waals surface area contributed by atoms with Crippen LogP contribution in [0, 0.1) is 0 Å². The maximum absolute atomic E-state index is 11.2. The van der Waals surface area contributed by atoms with Crippen molar-refractivity contribution < 1.29 is 9.53 Å². The van der Waals surface area contributed by atoms with E-state index < -0.39 is 0 Å². The third kappa shape index (κ3) is 4.39. The molecule has 0 heterocycles. The van der Waals surface area contributed by atoms with Crippen molar-refractivity contribution in [1.29, 1.82) is 0 Å². The summed E-state index contributed by atoms with van der Waals surface area (Å²) in [5.74, 6) is -0.236. The van der Waals surface area contributed by atoms with E-state index in [1.807, 2.05) is 0 Å². The summed E-state index contributed by atoms with van der Waals surface area (Å²) in [6, 6.07) is 5.15. The maximum Gasteiger partial charge on any atom is 0.307 e. The van der Waals surface area contributed by atoms with Gasteiger partial charge in [-0.25, -0.2) is 0 Å². The van der Waals surface area contributed by atoms with Crippen LogP contribution in [0.3, 0.4) is 0 Å². The van der Waals surface area contributed by atoms with E-state index in [9.17, 15) is 4.79 Å². The number of halogens is 2. The monoisotopic (exact) mass is 261 g/mol. The summed E-state index contributed by atoms with van der Waals surface area (Å²) >= 11 is 11.6. The number of carbonyl (C=O) groups excluding carboxylic acids is 1. The van der Waals surface area contributed by atoms with Crippen LogP contribution in [-0.4, -0.2) is 19.6 Å². The van der Waals surface area contributed by atoms with Gasteiger partial charge < -0.3 is 10.1 Å². The Hall–Kier alpha value is -0.770. The Labute approximate surface area is 105 Å². The molecule has 5 heteroatoms. The molecule has 0 aliphatic rings. The van der Waals surface area contributed by atoms with Crippen molar-refractivity contribution in [3.05, 3.63) is 33.8 Å². The minimum Gasteiger partial charge on any atom is -0.461 e. The third-order valence-electron chi connectivity index (χ3n) is 1.96. The number of benzene rings is 1. The Morgan fingerprint density at radius 1 is 1.38 bits per heavy atom. The topological polar surface area (TPSA) is 38.3 Å². The second-order valence-corrected chi connectivity index (χ2v) is 4.08. The molecular weight excluding hydrogens is 249 g/mol. The first kappa shape index (κ1) is 13.3. The number of rotatable bonds is 5. The van der Waals surface area contributed by atoms with Gasteiger partial charge in [-0.05, 0) is 24.7 Å². The zero-order valence-electron chi connectivity index (χ0n) is 8.93. The smallest absolute Gasteiger partial charge is 0.307 e. The first-order valence-electron chi connectivity index (χ1n) is 4.87. The van der Waals surface area contributed by atoms with Crippen LogP contribution in [0.15, 0.2) is 18.2 Å². The predicted molar refractivity (Wildman–Crippen MR) is 64.8 cm³/mol. The Morgan fingerprint density at radius 3 is 2.75 bits per heavy atom. The van der Waals surface area contributed by atoms with Crippen LogP contribution in [0.5, 0.6) is 0 Å². The Balaban J connectivity index is 2.42. The second kappa shape index (κ2) is 6.74. The third-order valence-corrected chi connectivity index (χ3v) is 2.70. The molecule has 0 aliphatic carbocycles. The van der Waals surface area contributed by atoms with Gasteiger partial charge in [0, 0.05) is 6.54 Å². The number of ether oxygens (including phenoxy) is 1. The van der Waals surface area contributed by atoms with Gasteiger partial charge in [-0.1, -0.05) is 29.3 Å². The molecule has 1 N–H and O–H groups in total. The fourth-order valence-electron chi connectivity index (χ4n) is 1.09. The minimum absolute atomic E-state index is 0.222. The number of carbonyl (C=O) groups is 1. The average Bonchev–Trinajstić information content (AvgIpc) is 2.28. The molecule has 88 valence electrons. The average molecular weight is 262 g/mol. The summed E-state index contributed by atoms with van der Waals surface area (Å²) in [7, 11) is 1.78. The molecule has 0 unspecified atom stereocenters. The van der Waals surface area contributed by atoms with Crippen LogP contribution in [0.2, 0.25) is 10.0 Å². The van der Waals surface area contributed by atoms with Gasteiger partial charge in [0.1, 0.15) is 6.61 Å². The van der Waals surface area contributed by atoms with Crippen LogP contribution in [0.1, 0.15) is 12.0 Å². The summed E-state index contributed by atoms with van der Waals surface area (Å²) in [6.07, 6.45) is 0.359. The normalized spacial score (nSPS) is 10.2. The first-order valence-corrected chi connectivity index (χ1v) is 5.63. The highest BCUT2D eigenvalue weighted by Crippen LogP contribution is 2.22. The number of nitrogens with one attached hydrogen (secondary N) is 1. The standard InChI is InChI=1S/C11H13Cl2NO2/c1-14-5-4-11(15)16-7-8-2-3-9(12)10(13)6-8/h2-3,6,14H,4-5,7H2,1H3. The van der Waals surface area contributed by atoms with Gasteiger partial charge in [-0.2, -0.15) is 0 Å². The zero-order valence-corrected chi connectivity index (χ0v) is 10.4. The van der Waals surface area contributed by atoms with Crippen molar-refractivity contribution in [3.63, 3.8) is 0 Å². The summed E-state index contributed by atoms with van der Waals surface area (Å²) in [5, 5.41) is 3.83. The highest BCUT2D eigenvalue weighted by atomic mass is 35.5. The van der Waals surface area contributed by atoms with Gasteiger partial charge in [0.15, 0.2) is 0 Å². The van der Waals surface area contributed by atoms with Crippen molar-refractivity contribution in [2.45, 2.75) is 13.0 Å². The quantitative estimate of drug-likeness (QED) is 0.829. The number of hydrogen-bond acceptors (Lipinski definition) is 3. The summed E-state index contributed by atoms with van der Waals surface area (Å²) in [5.41, 5.74) is 0.826. The van der Waals surface area contributed by atoms with Gasteiger partial charge in [0.25, 0.3) is 0 Å². The molecule has 0 bridgehead atoms. The minimum atomic E-state index is -0.236. The predicted octanol–water partition coefficient (Wildman–Crippen LogP) is 2.65. The van der Waals surface area contributed by atoms with Crippen LogP contribution in [0.25, 0.3) is 0 Å². The van der Waals surface area contributed by atoms with E-state index in [1.165, 1.54) is 0 Å². The van der Waals surface area contributed by atoms with Gasteiger partial charge in [-0.15, -0.1) is 0 Å². The van der Waals surface area contributed by atoms with Gasteiger partial charge >= 0.3 is 5.97 Å². The van der Waals surface area contributed by atoms with E-state index >= 15 is 0 Å². The highest BCUT2D eigenvalue weighted by molar-refractivity contribution is 6.42. The lowest BCUT2D eigenvalue weighted by Crippen LogP contribution is -2.14. The molecule has 16 heavy (non-hydrogen) atoms. The lowest BCUT2D eigenvalue weighted by Gasteiger charge is -2.05. The van der Waals surface area contributed by atoms with E-state index in [0.29, 0.717) is 23.0 Å². The van der Waals surface area contributed by atoms with E-state index in [-0.39, 0.29) is 12.6 Å². The molecule has 0 spiro atoms. The van der Waals surface area contributed by atoms with Gasteiger partial charge in [0.2, 0.25) is 0 Å². The SMILES string of the molecule is CNCCC(=O)OCc1ccc(Cl)c(Cl)c1. The molecule has 0 fully saturated rings. The molecular formula is C11H13Cl2NO2. The van der Waals surface area contributed by atoms with Crippen molar-refractivity contribution in [2.24, 2.45) is 0 Å². The summed E-state index contributed by atoms with van der Waals surface area (Å²) in [4.78, 5) is 11.2. The first-order chi connectivity index (χ1) is 7.63. The number of esters is 1. The molecule has 0 atom stereocenters. The van der Waals surface area contributed by atoms with Crippen molar-refractivity contribution >= 4 is 29.2 Å². The highest BCUT2D eigenvalue weighted by Gasteiger charge is 2.04. The summed E-state index contributed by atoms with van der Waals surface area (Å²) in [6.45, 7) is 0.833. The van der Waals surface area contributed by atoms with E-state index in [1.54, 1.807) is 25.2 Å². The van der Waals surface area contributed by atoms with Gasteiger partial charge in [0.05, 0.1) is 16.5 Å². The second-order valence-electron chi connectivity index (χ2n) is 3.26. The van der Waals surface area contributed by atoms with E-state index in [0.717, 1.165) is 5.56 Å². The molecule has 1 aromatic carbocycles. The van der Waals surface area contributed by atoms with E-state index in [4.69, 9.17) is 27.9 Å². The lowest BCUT2D eigenvalue weighted by molar-refractivity contribution is -0.144. The Bertz CT molecular complexity index is 369. The molecule has 1 aromatic rings. The molecule has 0 saturated carbocycles. The van der Waals surface area contributed by atoms with Gasteiger partial charge in [-0.3, -0.25) is 4.79 Å². The molecule has 3 nitrogen and oxygen atoms in total. The molecule has 0 aliphatic heterocycles. The van der Waals surface area contributed by atoms with Crippen molar-refractivity contribution in [2.75, 3.05) is 13.6 Å². The maximum atomic E-state index is 11.2. The number of hydrogen-bond donors (Lipinski definition) is 1. The van der Waals surface area contributed by atoms with E-state index in [2.05, 4.69) is 5.32 Å². The molecule has 0 amide bonds. The molecule has 0 radical (unpaired) electrons. The lowest BCUT2D eigenvalue weighted by atomic mass is 10.2. The van der Waals surface area contributed by atoms with Crippen molar-refractivity contribution in [3.8, 4) is 0 Å². The van der Waals surface area contributed by atoms with Crippen LogP contribution >= 0.6 is 23.2 Å². The fourth-order valence-corrected chi connectivity index (χ4v) is 1.41. The van der Waals surface area contributed by atoms with Crippen LogP contribution < -0.4 is 5.32 Å². The van der Waals surface area contributed by atoms with Crippen LogP contribution in [-0.2, 0) is 16.1 Å². The Kier molecular flexibility index (Phi) is 5.60. The molecule has 1 rings (SSSR count). The van der Waals surface area contributed by atoms with Crippen LogP contribution in [0.4, 0.5) is 0 Å². The van der Waals surface area contributed by atoms with Crippen molar-refractivity contribution in [1.82, 2.24) is 5.32 Å². The molecule has 0 saturated heterocycles. The summed E-state index contributed by atoms with van der Waals surface area (Å²) < 4.78 is 5.04. The fraction of sp³-hybridized carbons (Fsp3) is 0.364. The Morgan fingerprint density at radius 2 is 2.12 bits per heavy atom.